The van der Waals surface area contributed by atoms with Crippen molar-refractivity contribution in [3.8, 4) is 0 Å². The van der Waals surface area contributed by atoms with Crippen molar-refractivity contribution in [2.45, 2.75) is 52.2 Å². The summed E-state index contributed by atoms with van der Waals surface area (Å²) in [6, 6.07) is 6.38. The highest BCUT2D eigenvalue weighted by Gasteiger charge is 2.15. The smallest absolute Gasteiger partial charge is 0.0630 e. The van der Waals surface area contributed by atoms with E-state index in [4.69, 9.17) is 4.74 Å². The van der Waals surface area contributed by atoms with Crippen molar-refractivity contribution >= 4 is 0 Å². The van der Waals surface area contributed by atoms with Crippen LogP contribution in [0, 0.1) is 0 Å². The Balaban J connectivity index is 2.50. The lowest BCUT2D eigenvalue weighted by Gasteiger charge is -2.25. The topological polar surface area (TPSA) is 34.1 Å². The first kappa shape index (κ1) is 15.1. The zero-order valence-corrected chi connectivity index (χ0v) is 12.1. The minimum absolute atomic E-state index is 0.0870. The third-order valence-corrected chi connectivity index (χ3v) is 2.58. The molecule has 18 heavy (non-hydrogen) atoms. The Morgan fingerprint density at radius 3 is 2.67 bits per heavy atom. The van der Waals surface area contributed by atoms with Crippen LogP contribution in [-0.2, 0) is 11.2 Å². The van der Waals surface area contributed by atoms with E-state index in [-0.39, 0.29) is 5.60 Å². The maximum absolute atomic E-state index is 5.87. The van der Waals surface area contributed by atoms with E-state index in [1.165, 1.54) is 0 Å². The number of aromatic nitrogens is 1. The number of ether oxygens (including phenoxy) is 1. The van der Waals surface area contributed by atoms with Gasteiger partial charge in [-0.15, -0.1) is 0 Å². The van der Waals surface area contributed by atoms with E-state index in [0.717, 1.165) is 31.7 Å². The summed E-state index contributed by atoms with van der Waals surface area (Å²) in [6.45, 7) is 10.2. The number of hydrogen-bond donors (Lipinski definition) is 1. The Kier molecular flexibility index (Phi) is 6.30. The first-order valence-electron chi connectivity index (χ1n) is 6.78. The van der Waals surface area contributed by atoms with Crippen LogP contribution < -0.4 is 5.32 Å². The summed E-state index contributed by atoms with van der Waals surface area (Å²) in [5.74, 6) is 0. The summed E-state index contributed by atoms with van der Waals surface area (Å²) < 4.78 is 5.87. The Morgan fingerprint density at radius 1 is 1.33 bits per heavy atom. The Hall–Kier alpha value is -0.930. The molecule has 1 aromatic heterocycles. The Labute approximate surface area is 111 Å². The standard InChI is InChI=1S/C15H26N2O/c1-5-9-16-14(12-18-15(2,3)4)11-13-8-6-7-10-17-13/h6-8,10,14,16H,5,9,11-12H2,1-4H3. The Morgan fingerprint density at radius 2 is 2.11 bits per heavy atom. The van der Waals surface area contributed by atoms with Crippen molar-refractivity contribution in [2.24, 2.45) is 0 Å². The van der Waals surface area contributed by atoms with Crippen molar-refractivity contribution in [1.29, 1.82) is 0 Å². The van der Waals surface area contributed by atoms with E-state index in [2.05, 4.69) is 44.1 Å². The molecule has 1 atom stereocenters. The lowest BCUT2D eigenvalue weighted by Crippen LogP contribution is -2.38. The highest BCUT2D eigenvalue weighted by atomic mass is 16.5. The van der Waals surface area contributed by atoms with Gasteiger partial charge in [0.05, 0.1) is 12.2 Å². The third kappa shape index (κ3) is 6.72. The average Bonchev–Trinajstić information content (AvgIpc) is 2.33. The van der Waals surface area contributed by atoms with E-state index in [1.807, 2.05) is 18.3 Å². The molecule has 0 aliphatic carbocycles. The van der Waals surface area contributed by atoms with Crippen molar-refractivity contribution < 1.29 is 4.74 Å². The Bertz CT molecular complexity index is 319. The van der Waals surface area contributed by atoms with Gasteiger partial charge >= 0.3 is 0 Å². The average molecular weight is 250 g/mol. The van der Waals surface area contributed by atoms with Crippen LogP contribution in [0.25, 0.3) is 0 Å². The maximum Gasteiger partial charge on any atom is 0.0630 e. The number of hydrogen-bond acceptors (Lipinski definition) is 3. The minimum Gasteiger partial charge on any atom is -0.374 e. The van der Waals surface area contributed by atoms with Crippen LogP contribution in [0.2, 0.25) is 0 Å². The second kappa shape index (κ2) is 7.49. The summed E-state index contributed by atoms with van der Waals surface area (Å²) in [7, 11) is 0. The van der Waals surface area contributed by atoms with Crippen LogP contribution in [0.4, 0.5) is 0 Å². The number of rotatable bonds is 7. The fourth-order valence-corrected chi connectivity index (χ4v) is 1.66. The van der Waals surface area contributed by atoms with Gasteiger partial charge in [0, 0.05) is 24.4 Å². The molecule has 1 N–H and O–H groups in total. The predicted octanol–water partition coefficient (Wildman–Crippen LogP) is 2.81. The first-order chi connectivity index (χ1) is 8.51. The summed E-state index contributed by atoms with van der Waals surface area (Å²) in [4.78, 5) is 4.38. The quantitative estimate of drug-likeness (QED) is 0.808. The van der Waals surface area contributed by atoms with Crippen molar-refractivity contribution in [1.82, 2.24) is 10.3 Å². The molecular formula is C15H26N2O. The summed E-state index contributed by atoms with van der Waals surface area (Å²) >= 11 is 0. The monoisotopic (exact) mass is 250 g/mol. The van der Waals surface area contributed by atoms with E-state index in [0.29, 0.717) is 6.04 Å². The highest BCUT2D eigenvalue weighted by molar-refractivity contribution is 5.05. The van der Waals surface area contributed by atoms with Gasteiger partial charge in [-0.1, -0.05) is 13.0 Å². The number of nitrogens with zero attached hydrogens (tertiary/aromatic N) is 1. The molecule has 0 spiro atoms. The molecule has 1 rings (SSSR count). The van der Waals surface area contributed by atoms with E-state index >= 15 is 0 Å². The molecule has 102 valence electrons. The molecule has 0 aliphatic rings. The normalized spacial score (nSPS) is 13.6. The fourth-order valence-electron chi connectivity index (χ4n) is 1.66. The van der Waals surface area contributed by atoms with Gasteiger partial charge in [-0.3, -0.25) is 4.98 Å². The SMILES string of the molecule is CCCNC(COC(C)(C)C)Cc1ccccn1. The summed E-state index contributed by atoms with van der Waals surface area (Å²) in [6.07, 6.45) is 3.89. The molecule has 0 bridgehead atoms. The van der Waals surface area contributed by atoms with E-state index in [9.17, 15) is 0 Å². The van der Waals surface area contributed by atoms with Gasteiger partial charge in [0.15, 0.2) is 0 Å². The summed E-state index contributed by atoms with van der Waals surface area (Å²) in [5, 5.41) is 3.53. The van der Waals surface area contributed by atoms with E-state index in [1.54, 1.807) is 0 Å². The third-order valence-electron chi connectivity index (χ3n) is 2.58. The lowest BCUT2D eigenvalue weighted by atomic mass is 10.1. The van der Waals surface area contributed by atoms with Crippen LogP contribution in [0.3, 0.4) is 0 Å². The van der Waals surface area contributed by atoms with Gasteiger partial charge in [-0.05, 0) is 45.9 Å². The van der Waals surface area contributed by atoms with Gasteiger partial charge in [0.2, 0.25) is 0 Å². The summed E-state index contributed by atoms with van der Waals surface area (Å²) in [5.41, 5.74) is 1.03. The van der Waals surface area contributed by atoms with Crippen LogP contribution in [0.5, 0.6) is 0 Å². The van der Waals surface area contributed by atoms with Gasteiger partial charge in [-0.2, -0.15) is 0 Å². The molecule has 3 heteroatoms. The largest absolute Gasteiger partial charge is 0.374 e. The molecule has 1 unspecified atom stereocenters. The molecule has 0 amide bonds. The molecule has 0 saturated heterocycles. The van der Waals surface area contributed by atoms with Gasteiger partial charge < -0.3 is 10.1 Å². The van der Waals surface area contributed by atoms with Crippen molar-refractivity contribution in [2.75, 3.05) is 13.2 Å². The molecule has 0 aromatic carbocycles. The molecule has 1 aromatic rings. The molecule has 0 saturated carbocycles. The fraction of sp³-hybridized carbons (Fsp3) is 0.667. The molecule has 0 aliphatic heterocycles. The van der Waals surface area contributed by atoms with Crippen LogP contribution in [-0.4, -0.2) is 29.8 Å². The van der Waals surface area contributed by atoms with Crippen molar-refractivity contribution in [3.05, 3.63) is 30.1 Å². The predicted molar refractivity (Wildman–Crippen MR) is 75.7 cm³/mol. The molecular weight excluding hydrogens is 224 g/mol. The highest BCUT2D eigenvalue weighted by Crippen LogP contribution is 2.09. The van der Waals surface area contributed by atoms with Crippen LogP contribution >= 0.6 is 0 Å². The first-order valence-corrected chi connectivity index (χ1v) is 6.78. The second-order valence-electron chi connectivity index (χ2n) is 5.60. The van der Waals surface area contributed by atoms with Gasteiger partial charge in [-0.25, -0.2) is 0 Å². The van der Waals surface area contributed by atoms with Crippen molar-refractivity contribution in [3.63, 3.8) is 0 Å². The lowest BCUT2D eigenvalue weighted by molar-refractivity contribution is -0.0144. The van der Waals surface area contributed by atoms with Gasteiger partial charge in [0.1, 0.15) is 0 Å². The minimum atomic E-state index is -0.0870. The zero-order valence-electron chi connectivity index (χ0n) is 12.1. The van der Waals surface area contributed by atoms with Gasteiger partial charge in [0.25, 0.3) is 0 Å². The number of pyridine rings is 1. The maximum atomic E-state index is 5.87. The van der Waals surface area contributed by atoms with Crippen LogP contribution in [0.15, 0.2) is 24.4 Å². The van der Waals surface area contributed by atoms with E-state index < -0.39 is 0 Å². The molecule has 3 nitrogen and oxygen atoms in total. The molecule has 1 heterocycles. The van der Waals surface area contributed by atoms with Crippen LogP contribution in [0.1, 0.15) is 39.8 Å². The molecule has 0 radical (unpaired) electrons. The second-order valence-corrected chi connectivity index (χ2v) is 5.60. The number of nitrogens with one attached hydrogen (secondary N) is 1. The zero-order chi connectivity index (χ0) is 13.4. The molecule has 0 fully saturated rings.